The summed E-state index contributed by atoms with van der Waals surface area (Å²) < 4.78 is 65.5. The molecule has 662 valence electrons. The largest absolute Gasteiger partial charge is 0.460 e. The molecule has 4 aromatic heterocycles. The zero-order chi connectivity index (χ0) is 88.3. The van der Waals surface area contributed by atoms with Crippen molar-refractivity contribution in [1.82, 2.24) is 29.6 Å². The van der Waals surface area contributed by atoms with Gasteiger partial charge in [0.15, 0.2) is 11.5 Å². The number of ketones is 5. The van der Waals surface area contributed by atoms with Gasteiger partial charge >= 0.3 is 17.9 Å². The second-order valence-electron chi connectivity index (χ2n) is 34.4. The number of piperidine rings is 1. The molecule has 4 aliphatic carbocycles. The van der Waals surface area contributed by atoms with Gasteiger partial charge in [0.05, 0.1) is 66.6 Å². The minimum Gasteiger partial charge on any atom is -0.460 e. The van der Waals surface area contributed by atoms with E-state index >= 15 is 0 Å². The van der Waals surface area contributed by atoms with Crippen LogP contribution in [0.1, 0.15) is 212 Å². The second kappa shape index (κ2) is 41.1. The number of Topliss-reactive ketones (excluding diaryl/α,β-unsaturated/α-hetero) is 5. The van der Waals surface area contributed by atoms with Gasteiger partial charge in [0, 0.05) is 133 Å². The van der Waals surface area contributed by atoms with Crippen LogP contribution < -0.4 is 11.3 Å². The van der Waals surface area contributed by atoms with E-state index in [2.05, 4.69) is 20.2 Å². The second-order valence-corrected chi connectivity index (χ2v) is 34.4. The maximum absolute atomic E-state index is 14.5. The Balaban J connectivity index is 0.000000241. The average molecular weight is 1690 g/mol. The predicted octanol–water partition coefficient (Wildman–Crippen LogP) is 10.9. The van der Waals surface area contributed by atoms with Crippen molar-refractivity contribution in [1.29, 1.82) is 0 Å². The number of hydrogen-bond donors (Lipinski definition) is 4. The third-order valence-corrected chi connectivity index (χ3v) is 26.2. The molecule has 4 fully saturated rings. The Labute approximate surface area is 707 Å². The maximum atomic E-state index is 14.5. The van der Waals surface area contributed by atoms with E-state index in [0.29, 0.717) is 130 Å². The van der Waals surface area contributed by atoms with E-state index < -0.39 is 113 Å². The lowest BCUT2D eigenvalue weighted by Gasteiger charge is -2.51. The van der Waals surface area contributed by atoms with Crippen LogP contribution in [0.25, 0.3) is 22.3 Å². The number of anilines is 1. The Morgan fingerprint density at radius 2 is 1.59 bits per heavy atom. The lowest BCUT2D eigenvalue weighted by Crippen LogP contribution is -2.61. The molecule has 1 amide bonds. The van der Waals surface area contributed by atoms with Crippen LogP contribution in [0.4, 0.5) is 5.95 Å². The molecule has 4 aromatic rings. The van der Waals surface area contributed by atoms with Crippen molar-refractivity contribution in [2.24, 2.45) is 46.8 Å². The van der Waals surface area contributed by atoms with Crippen LogP contribution in [-0.4, -0.2) is 221 Å². The first-order chi connectivity index (χ1) is 57.5. The molecule has 121 heavy (non-hydrogen) atoms. The molecular formula is C91H125N7O23. The summed E-state index contributed by atoms with van der Waals surface area (Å²) in [6, 6.07) is 2.41. The molecule has 8 heterocycles. The predicted molar refractivity (Wildman–Crippen MR) is 446 cm³/mol. The number of allylic oxidation sites excluding steroid dienone is 7. The number of aryl methyl sites for hydroxylation is 2. The monoisotopic (exact) mass is 1680 g/mol. The number of nitrogen functional groups attached to an aromatic ring is 1. The van der Waals surface area contributed by atoms with Crippen molar-refractivity contribution in [2.75, 3.05) is 67.1 Å². The van der Waals surface area contributed by atoms with Crippen molar-refractivity contribution in [3.63, 3.8) is 0 Å². The number of rotatable bonds is 16. The number of ether oxygens (including phenoxy) is 10. The lowest BCUT2D eigenvalue weighted by atomic mass is 9.54. The minimum absolute atomic E-state index is 0.0195. The number of furan rings is 1. The number of nitrogens with two attached hydrogens (primary N) is 1. The number of carbonyl (C=O) groups is 9. The Morgan fingerprint density at radius 1 is 0.835 bits per heavy atom. The fourth-order valence-electron chi connectivity index (χ4n) is 19.3. The Morgan fingerprint density at radius 3 is 2.26 bits per heavy atom. The van der Waals surface area contributed by atoms with Crippen molar-refractivity contribution < 1.29 is 105 Å². The average Bonchev–Trinajstić information content (AvgIpc) is 1.61. The molecule has 0 radical (unpaired) electrons. The van der Waals surface area contributed by atoms with Crippen molar-refractivity contribution >= 4 is 69.7 Å². The van der Waals surface area contributed by atoms with Crippen molar-refractivity contribution in [3.8, 4) is 11.3 Å². The third kappa shape index (κ3) is 20.5. The zero-order valence-electron chi connectivity index (χ0n) is 73.2. The van der Waals surface area contributed by atoms with E-state index in [9.17, 15) is 58.2 Å². The summed E-state index contributed by atoms with van der Waals surface area (Å²) in [7, 11) is 6.15. The molecular weight excluding hydrogens is 1560 g/mol. The number of H-pyrrole nitrogens is 1. The number of nitrogens with one attached hydrogen (secondary N) is 1. The molecule has 12 rings (SSSR count). The highest BCUT2D eigenvalue weighted by Crippen LogP contribution is 2.61. The van der Waals surface area contributed by atoms with Crippen LogP contribution in [0.5, 0.6) is 0 Å². The van der Waals surface area contributed by atoms with Gasteiger partial charge < -0.3 is 72.6 Å². The minimum atomic E-state index is -2.43. The quantitative estimate of drug-likeness (QED) is 0.0266. The van der Waals surface area contributed by atoms with Gasteiger partial charge in [0.2, 0.25) is 17.5 Å². The summed E-state index contributed by atoms with van der Waals surface area (Å²) in [5, 5.41) is 31.0. The standard InChI is InChI=1S/C55H87NO14.C23H24O8.C13H14N6O/c1-12-67-26-27-68-45-24-22-41(31-48(45)65-10)30-37(5)47-33-44(57)36(4)29-39(7)50(59)51(66-11)49(58)38(6)28-34(2)18-14-13-15-19-35(3)46(64-9)32-42-23-21-40(8)55(63,70-42)52(60)53(61)56-25-17-16-20-43(56)54(62)69-47;1-10(24)30-13-7-22(2)12(5-6-14(22)25)16-18(13)23(3)15(9-28-4)31-21(27)11-8-29-20(17(11)23)19(16)26;1-3-19-11-8(7(2)16-13(14)17-11)6-9(12(19)20)10-4-5-15-18-10/h13-15,18-19,29,34,36-38,40-43,45-48,50-51,59,63H,12,16-17,20-28,30-33H2,1-11H3;8,12-13,15H,5-7,9H2,1-4H3;4-6H,3H2,1-2H3,(H,15,18)(H2,14,16,17)/b15-13+,18-14+,35-19+,39-29+;;/t34-,36-,37-,38-,40-,41+,42+,43+,45-,46+,47+,48-,50-,51?,55-;12-,13+,15+,22-,23-;/m10./s1. The Hall–Kier alpha value is -8.85. The first-order valence-electron chi connectivity index (χ1n) is 42.7. The molecule has 20 atom stereocenters. The zero-order valence-corrected chi connectivity index (χ0v) is 73.2. The van der Waals surface area contributed by atoms with Gasteiger partial charge in [-0.25, -0.2) is 14.6 Å². The summed E-state index contributed by atoms with van der Waals surface area (Å²) >= 11 is 0. The van der Waals surface area contributed by atoms with E-state index in [-0.39, 0.29) is 114 Å². The molecule has 8 aliphatic rings. The third-order valence-electron chi connectivity index (χ3n) is 26.2. The van der Waals surface area contributed by atoms with Crippen LogP contribution in [-0.2, 0) is 92.9 Å². The van der Waals surface area contributed by atoms with E-state index in [0.717, 1.165) is 29.5 Å². The maximum Gasteiger partial charge on any atom is 0.342 e. The van der Waals surface area contributed by atoms with Crippen LogP contribution in [0.15, 0.2) is 92.6 Å². The van der Waals surface area contributed by atoms with Crippen LogP contribution in [0.3, 0.4) is 0 Å². The first-order valence-corrected chi connectivity index (χ1v) is 42.7. The number of aliphatic hydroxyl groups is 2. The number of aromatic nitrogens is 5. The van der Waals surface area contributed by atoms with Gasteiger partial charge in [-0.3, -0.25) is 48.0 Å². The highest BCUT2D eigenvalue weighted by atomic mass is 16.6. The molecule has 1 unspecified atom stereocenters. The number of fused-ring (bicyclic) bond motifs is 7. The number of nitrogens with zero attached hydrogens (tertiary/aromatic N) is 5. The summed E-state index contributed by atoms with van der Waals surface area (Å²) in [4.78, 5) is 144. The molecule has 4 aliphatic heterocycles. The molecule has 30 nitrogen and oxygen atoms in total. The molecule has 2 saturated heterocycles. The van der Waals surface area contributed by atoms with E-state index in [1.165, 1.54) is 32.3 Å². The summed E-state index contributed by atoms with van der Waals surface area (Å²) in [6.45, 7) is 25.7. The normalized spacial score (nSPS) is 33.3. The molecule has 30 heteroatoms. The smallest absolute Gasteiger partial charge is 0.342 e. The number of carbonyl (C=O) groups excluding carboxylic acids is 9. The number of aliphatic hydroxyl groups excluding tert-OH is 1. The van der Waals surface area contributed by atoms with E-state index in [1.54, 1.807) is 64.0 Å². The molecule has 0 aromatic carbocycles. The van der Waals surface area contributed by atoms with Crippen LogP contribution in [0.2, 0.25) is 0 Å². The number of cyclic esters (lactones) is 2. The Kier molecular flexibility index (Phi) is 32.1. The number of methoxy groups -OCH3 is 4. The van der Waals surface area contributed by atoms with Gasteiger partial charge in [-0.1, -0.05) is 78.0 Å². The van der Waals surface area contributed by atoms with E-state index in [1.807, 2.05) is 92.7 Å². The summed E-state index contributed by atoms with van der Waals surface area (Å²) in [5.74, 6) is -9.24. The number of aromatic amines is 1. The molecule has 2 bridgehead atoms. The summed E-state index contributed by atoms with van der Waals surface area (Å²) in [6.07, 6.45) is 15.0. The molecule has 0 spiro atoms. The van der Waals surface area contributed by atoms with Gasteiger partial charge in [-0.05, 0) is 159 Å². The molecule has 2 saturated carbocycles. The van der Waals surface area contributed by atoms with Crippen molar-refractivity contribution in [3.05, 3.63) is 116 Å². The topological polar surface area (TPSA) is 405 Å². The van der Waals surface area contributed by atoms with Crippen molar-refractivity contribution in [2.45, 2.75) is 265 Å². The van der Waals surface area contributed by atoms with Crippen LogP contribution >= 0.6 is 0 Å². The van der Waals surface area contributed by atoms with Crippen LogP contribution in [0, 0.1) is 53.8 Å². The lowest BCUT2D eigenvalue weighted by molar-refractivity contribution is -0.265. The molecule has 5 N–H and O–H groups in total. The number of esters is 3. The van der Waals surface area contributed by atoms with E-state index in [4.69, 9.17) is 57.5 Å². The summed E-state index contributed by atoms with van der Waals surface area (Å²) in [5.41, 5.74) is 9.29. The highest BCUT2D eigenvalue weighted by molar-refractivity contribution is 6.39. The SMILES string of the molecule is CCOCCO[C@@H]1CC[C@@H](C[C@@H](C)[C@@H]2CC(=O)[C@H](C)/C=C(\C)[C@@H](O)C(OC)C(=O)[C@H](C)C[C@H](C)/C=C/C=C/C=C(\C)[C@@H](OC)C[C@@H]3CC[C@@H](C)[C@@](O)(O3)C(=O)C(=O)N3CCCC[C@H]3C(=O)O2)C[C@H]1OC.CCn1c(=O)c(-c2ccn[nH]2)cc2c(C)nc(N)nc21.COC[C@H]1OC(=O)c2coc3c2[C@@]1(C)C1=C(C3=O)[C@@H]2CCC(=O)[C@@]2(C)C[C@H]1OC(C)=O. The van der Waals surface area contributed by atoms with Gasteiger partial charge in [0.1, 0.15) is 65.6 Å². The number of pyridine rings is 1. The first kappa shape index (κ1) is 94.4. The highest BCUT2D eigenvalue weighted by Gasteiger charge is 2.65. The van der Waals surface area contributed by atoms with Gasteiger partial charge in [-0.15, -0.1) is 0 Å². The van der Waals surface area contributed by atoms with Gasteiger partial charge in [0.25, 0.3) is 17.2 Å². The Bertz CT molecular complexity index is 4650. The number of amides is 1. The van der Waals surface area contributed by atoms with Gasteiger partial charge in [-0.2, -0.15) is 10.1 Å². The fourth-order valence-corrected chi connectivity index (χ4v) is 19.3. The fraction of sp³-hybridized carbons (Fsp3) is 0.637. The number of hydrogen-bond acceptors (Lipinski definition) is 27.